The number of carbonyl (C=O) groups is 1. The molecule has 1 rings (SSSR count). The van der Waals surface area contributed by atoms with Gasteiger partial charge in [0, 0.05) is 6.04 Å². The van der Waals surface area contributed by atoms with Crippen LogP contribution in [0.4, 0.5) is 4.79 Å². The fraction of sp³-hybridized carbons (Fsp3) is 0.562. The standard InChI is InChI=1S/C16H27N2O3Si.Li/c1-12(2)18(22(5,6)7)16(20)21-14-11-9-8-10-13(14)15(19)17(3)4;/h8-12,15H,1-7H3;/q-1;+1. The monoisotopic (exact) mass is 330 g/mol. The van der Waals surface area contributed by atoms with Gasteiger partial charge in [-0.15, -0.1) is 0 Å². The number of para-hydroxylation sites is 1. The summed E-state index contributed by atoms with van der Waals surface area (Å²) in [6.07, 6.45) is -1.45. The van der Waals surface area contributed by atoms with E-state index in [0.717, 1.165) is 0 Å². The van der Waals surface area contributed by atoms with Gasteiger partial charge in [-0.3, -0.25) is 0 Å². The van der Waals surface area contributed by atoms with Crippen molar-refractivity contribution in [3.8, 4) is 5.75 Å². The first-order valence-corrected chi connectivity index (χ1v) is 10.9. The second-order valence-electron chi connectivity index (χ2n) is 6.86. The molecule has 0 aliphatic heterocycles. The quantitative estimate of drug-likeness (QED) is 0.547. The summed E-state index contributed by atoms with van der Waals surface area (Å²) >= 11 is 0. The van der Waals surface area contributed by atoms with Crippen LogP contribution in [0.5, 0.6) is 5.75 Å². The van der Waals surface area contributed by atoms with Crippen LogP contribution >= 0.6 is 0 Å². The molecule has 1 amide bonds. The minimum atomic E-state index is -1.86. The molecule has 0 bridgehead atoms. The molecule has 1 unspecified atom stereocenters. The molecule has 0 saturated carbocycles. The Kier molecular flexibility index (Phi) is 8.60. The maximum absolute atomic E-state index is 12.6. The molecule has 0 aromatic heterocycles. The summed E-state index contributed by atoms with van der Waals surface area (Å²) in [6, 6.07) is 6.98. The van der Waals surface area contributed by atoms with Gasteiger partial charge in [0.05, 0.1) is 0 Å². The minimum absolute atomic E-state index is 0. The van der Waals surface area contributed by atoms with Crippen molar-refractivity contribution < 1.29 is 33.5 Å². The SMILES string of the molecule is CC(C)N(C(=O)Oc1ccccc1C([O-])N(C)C)[Si](C)(C)C.[Li+]. The number of carbonyl (C=O) groups excluding carboxylic acids is 1. The van der Waals surface area contributed by atoms with Crippen LogP contribution in [0.25, 0.3) is 0 Å². The van der Waals surface area contributed by atoms with Gasteiger partial charge >= 0.3 is 25.0 Å². The molecular formula is C16H27LiN2O3Si. The molecule has 1 aromatic carbocycles. The van der Waals surface area contributed by atoms with Gasteiger partial charge in [-0.25, -0.2) is 4.79 Å². The minimum Gasteiger partial charge on any atom is -0.837 e. The molecule has 23 heavy (non-hydrogen) atoms. The van der Waals surface area contributed by atoms with E-state index in [2.05, 4.69) is 19.6 Å². The Balaban J connectivity index is 0.00000484. The van der Waals surface area contributed by atoms with Crippen LogP contribution in [0.3, 0.4) is 0 Å². The molecule has 0 N–H and O–H groups in total. The number of hydrogen-bond donors (Lipinski definition) is 0. The van der Waals surface area contributed by atoms with Gasteiger partial charge in [0.25, 0.3) is 0 Å². The number of amides is 1. The Morgan fingerprint density at radius 1 is 1.17 bits per heavy atom. The largest absolute Gasteiger partial charge is 1.00 e. The average molecular weight is 330 g/mol. The van der Waals surface area contributed by atoms with E-state index in [4.69, 9.17) is 4.74 Å². The van der Waals surface area contributed by atoms with Gasteiger partial charge < -0.3 is 19.3 Å². The number of rotatable bonds is 5. The van der Waals surface area contributed by atoms with Gasteiger partial charge in [-0.2, -0.15) is 0 Å². The predicted molar refractivity (Wildman–Crippen MR) is 89.2 cm³/mol. The molecular weight excluding hydrogens is 303 g/mol. The van der Waals surface area contributed by atoms with E-state index in [9.17, 15) is 9.90 Å². The molecule has 0 fully saturated rings. The molecule has 0 saturated heterocycles. The summed E-state index contributed by atoms with van der Waals surface area (Å²) < 4.78 is 7.37. The molecule has 0 aliphatic carbocycles. The Hall–Kier alpha value is -0.776. The third-order valence-electron chi connectivity index (χ3n) is 3.29. The van der Waals surface area contributed by atoms with Gasteiger partial charge in [-0.05, 0) is 45.8 Å². The van der Waals surface area contributed by atoms with E-state index in [0.29, 0.717) is 11.3 Å². The first-order chi connectivity index (χ1) is 10.1. The summed E-state index contributed by atoms with van der Waals surface area (Å²) in [5.41, 5.74) is 0.472. The molecule has 1 atom stereocenters. The van der Waals surface area contributed by atoms with Crippen LogP contribution < -0.4 is 28.7 Å². The van der Waals surface area contributed by atoms with Crippen molar-refractivity contribution >= 4 is 14.3 Å². The zero-order chi connectivity index (χ0) is 17.1. The number of benzene rings is 1. The fourth-order valence-corrected chi connectivity index (χ4v) is 4.60. The molecule has 0 spiro atoms. The number of ether oxygens (including phenoxy) is 1. The Morgan fingerprint density at radius 2 is 1.70 bits per heavy atom. The fourth-order valence-electron chi connectivity index (χ4n) is 2.46. The van der Waals surface area contributed by atoms with Gasteiger partial charge in [0.15, 0.2) is 8.24 Å². The predicted octanol–water partition coefficient (Wildman–Crippen LogP) is -0.345. The van der Waals surface area contributed by atoms with E-state index in [1.807, 2.05) is 13.8 Å². The second kappa shape index (κ2) is 8.90. The van der Waals surface area contributed by atoms with Crippen molar-refractivity contribution in [1.29, 1.82) is 0 Å². The molecule has 5 nitrogen and oxygen atoms in total. The third-order valence-corrected chi connectivity index (χ3v) is 5.43. The topological polar surface area (TPSA) is 55.8 Å². The number of nitrogens with zero attached hydrogens (tertiary/aromatic N) is 2. The Labute approximate surface area is 152 Å². The van der Waals surface area contributed by atoms with Gasteiger partial charge in [-0.1, -0.05) is 37.8 Å². The Morgan fingerprint density at radius 3 is 2.13 bits per heavy atom. The van der Waals surface area contributed by atoms with E-state index >= 15 is 0 Å². The van der Waals surface area contributed by atoms with E-state index in [-0.39, 0.29) is 31.0 Å². The van der Waals surface area contributed by atoms with Crippen molar-refractivity contribution in [2.45, 2.75) is 45.8 Å². The Bertz CT molecular complexity index is 518. The zero-order valence-corrected chi connectivity index (χ0v) is 16.6. The molecule has 124 valence electrons. The van der Waals surface area contributed by atoms with Gasteiger partial charge in [0.2, 0.25) is 0 Å². The smallest absolute Gasteiger partial charge is 0.837 e. The molecule has 0 heterocycles. The molecule has 1 aromatic rings. The molecule has 7 heteroatoms. The van der Waals surface area contributed by atoms with Gasteiger partial charge in [0.1, 0.15) is 5.75 Å². The average Bonchev–Trinajstić information content (AvgIpc) is 2.36. The summed E-state index contributed by atoms with van der Waals surface area (Å²) in [7, 11) is 1.55. The molecule has 0 aliphatic rings. The summed E-state index contributed by atoms with van der Waals surface area (Å²) in [6.45, 7) is 10.2. The van der Waals surface area contributed by atoms with Crippen molar-refractivity contribution in [3.63, 3.8) is 0 Å². The summed E-state index contributed by atoms with van der Waals surface area (Å²) in [4.78, 5) is 14.1. The van der Waals surface area contributed by atoms with Crippen LogP contribution in [0, 0.1) is 0 Å². The third kappa shape index (κ3) is 5.98. The summed E-state index contributed by atoms with van der Waals surface area (Å²) in [5, 5.41) is 12.3. The number of hydrogen-bond acceptors (Lipinski definition) is 4. The maximum Gasteiger partial charge on any atom is 1.00 e. The van der Waals surface area contributed by atoms with Crippen LogP contribution in [0.15, 0.2) is 24.3 Å². The van der Waals surface area contributed by atoms with Crippen molar-refractivity contribution in [1.82, 2.24) is 9.47 Å². The normalized spacial score (nSPS) is 12.8. The van der Waals surface area contributed by atoms with Crippen LogP contribution in [0.2, 0.25) is 19.6 Å². The first kappa shape index (κ1) is 22.2. The van der Waals surface area contributed by atoms with Crippen molar-refractivity contribution in [2.75, 3.05) is 14.1 Å². The van der Waals surface area contributed by atoms with E-state index in [1.54, 1.807) is 47.8 Å². The van der Waals surface area contributed by atoms with Crippen LogP contribution in [-0.4, -0.2) is 43.9 Å². The molecule has 0 radical (unpaired) electrons. The van der Waals surface area contributed by atoms with Crippen molar-refractivity contribution in [3.05, 3.63) is 29.8 Å². The second-order valence-corrected chi connectivity index (χ2v) is 11.7. The van der Waals surface area contributed by atoms with Crippen molar-refractivity contribution in [2.24, 2.45) is 0 Å². The summed E-state index contributed by atoms with van der Waals surface area (Å²) in [5.74, 6) is 0.338. The van der Waals surface area contributed by atoms with E-state index < -0.39 is 14.5 Å². The van der Waals surface area contributed by atoms with Crippen LogP contribution in [0.1, 0.15) is 25.6 Å². The maximum atomic E-state index is 12.6. The zero-order valence-electron chi connectivity index (χ0n) is 15.6. The first-order valence-electron chi connectivity index (χ1n) is 7.48. The van der Waals surface area contributed by atoms with Crippen LogP contribution in [-0.2, 0) is 0 Å². The van der Waals surface area contributed by atoms with E-state index in [1.165, 1.54) is 0 Å².